The molecule has 1 saturated heterocycles. The Morgan fingerprint density at radius 3 is 2.95 bits per heavy atom. The van der Waals surface area contributed by atoms with Crippen LogP contribution in [0.1, 0.15) is 28.8 Å². The number of ether oxygens (including phenoxy) is 1. The highest BCUT2D eigenvalue weighted by atomic mass is 32.1. The second kappa shape index (κ2) is 6.56. The smallest absolute Gasteiger partial charge is 0.226 e. The van der Waals surface area contributed by atoms with Crippen LogP contribution < -0.4 is 5.32 Å². The largest absolute Gasteiger partial charge is 0.379 e. The van der Waals surface area contributed by atoms with Gasteiger partial charge >= 0.3 is 0 Å². The first kappa shape index (κ1) is 14.5. The number of nitrogens with zero attached hydrogens (tertiary/aromatic N) is 2. The quantitative estimate of drug-likeness (QED) is 0.920. The fourth-order valence-corrected chi connectivity index (χ4v) is 4.14. The summed E-state index contributed by atoms with van der Waals surface area (Å²) >= 11 is 1.57. The summed E-state index contributed by atoms with van der Waals surface area (Å²) in [6.45, 7) is 4.03. The number of thiophene rings is 1. The Kier molecular flexibility index (Phi) is 4.54. The third kappa shape index (κ3) is 3.26. The first-order valence-corrected chi connectivity index (χ1v) is 8.24. The predicted molar refractivity (Wildman–Crippen MR) is 81.6 cm³/mol. The number of nitrogens with one attached hydrogen (secondary N) is 1. The third-order valence-electron chi connectivity index (χ3n) is 4.04. The Morgan fingerprint density at radius 2 is 2.19 bits per heavy atom. The van der Waals surface area contributed by atoms with Crippen LogP contribution in [0.25, 0.3) is 0 Å². The molecule has 0 spiro atoms. The van der Waals surface area contributed by atoms with Crippen LogP contribution in [0.4, 0.5) is 5.00 Å². The zero-order valence-corrected chi connectivity index (χ0v) is 12.8. The Balaban J connectivity index is 1.56. The van der Waals surface area contributed by atoms with Crippen molar-refractivity contribution >= 4 is 22.2 Å². The molecule has 0 saturated carbocycles. The predicted octanol–water partition coefficient (Wildman–Crippen LogP) is 1.77. The van der Waals surface area contributed by atoms with E-state index in [9.17, 15) is 10.1 Å². The molecule has 1 aromatic heterocycles. The highest BCUT2D eigenvalue weighted by molar-refractivity contribution is 7.16. The molecule has 0 atom stereocenters. The monoisotopic (exact) mass is 305 g/mol. The number of aryl methyl sites for hydroxylation is 1. The lowest BCUT2D eigenvalue weighted by atomic mass is 10.1. The van der Waals surface area contributed by atoms with Crippen LogP contribution in [0.2, 0.25) is 0 Å². The van der Waals surface area contributed by atoms with Gasteiger partial charge in [0.1, 0.15) is 11.1 Å². The van der Waals surface area contributed by atoms with Gasteiger partial charge < -0.3 is 10.1 Å². The second-order valence-electron chi connectivity index (χ2n) is 5.43. The van der Waals surface area contributed by atoms with Gasteiger partial charge in [-0.05, 0) is 24.8 Å². The van der Waals surface area contributed by atoms with Gasteiger partial charge in [-0.1, -0.05) is 0 Å². The fraction of sp³-hybridized carbons (Fsp3) is 0.600. The van der Waals surface area contributed by atoms with E-state index in [4.69, 9.17) is 4.74 Å². The van der Waals surface area contributed by atoms with Crippen LogP contribution >= 0.6 is 11.3 Å². The Bertz CT molecular complexity index is 570. The van der Waals surface area contributed by atoms with E-state index in [2.05, 4.69) is 16.3 Å². The average molecular weight is 305 g/mol. The molecule has 21 heavy (non-hydrogen) atoms. The molecule has 0 radical (unpaired) electrons. The minimum Gasteiger partial charge on any atom is -0.379 e. The minimum atomic E-state index is -0.00193. The SMILES string of the molecule is N#Cc1c(NC(=O)CCN2CCOCC2)sc2c1CCC2. The summed E-state index contributed by atoms with van der Waals surface area (Å²) in [6, 6.07) is 2.26. The van der Waals surface area contributed by atoms with Crippen molar-refractivity contribution in [3.8, 4) is 6.07 Å². The van der Waals surface area contributed by atoms with Crippen molar-refractivity contribution in [3.05, 3.63) is 16.0 Å². The van der Waals surface area contributed by atoms with E-state index in [0.29, 0.717) is 12.0 Å². The number of fused-ring (bicyclic) bond motifs is 1. The molecule has 2 aliphatic rings. The number of anilines is 1. The summed E-state index contributed by atoms with van der Waals surface area (Å²) in [5.41, 5.74) is 1.85. The van der Waals surface area contributed by atoms with E-state index in [1.165, 1.54) is 4.88 Å². The topological polar surface area (TPSA) is 65.4 Å². The molecular weight excluding hydrogens is 286 g/mol. The number of carbonyl (C=O) groups is 1. The van der Waals surface area contributed by atoms with Crippen molar-refractivity contribution in [2.24, 2.45) is 0 Å². The van der Waals surface area contributed by atoms with Crippen LogP contribution in [0, 0.1) is 11.3 Å². The fourth-order valence-electron chi connectivity index (χ4n) is 2.88. The molecule has 3 rings (SSSR count). The van der Waals surface area contributed by atoms with Crippen molar-refractivity contribution in [1.82, 2.24) is 4.90 Å². The number of hydrogen-bond donors (Lipinski definition) is 1. The van der Waals surface area contributed by atoms with Gasteiger partial charge in [-0.3, -0.25) is 9.69 Å². The Labute approximate surface area is 128 Å². The number of hydrogen-bond acceptors (Lipinski definition) is 5. The van der Waals surface area contributed by atoms with E-state index >= 15 is 0 Å². The van der Waals surface area contributed by atoms with Crippen LogP contribution in [-0.4, -0.2) is 43.7 Å². The van der Waals surface area contributed by atoms with E-state index in [-0.39, 0.29) is 5.91 Å². The summed E-state index contributed by atoms with van der Waals surface area (Å²) in [7, 11) is 0. The second-order valence-corrected chi connectivity index (χ2v) is 6.53. The highest BCUT2D eigenvalue weighted by Crippen LogP contribution is 2.38. The maximum absolute atomic E-state index is 12.1. The van der Waals surface area contributed by atoms with Crippen molar-refractivity contribution in [3.63, 3.8) is 0 Å². The van der Waals surface area contributed by atoms with Gasteiger partial charge in [-0.25, -0.2) is 0 Å². The zero-order valence-electron chi connectivity index (χ0n) is 12.0. The lowest BCUT2D eigenvalue weighted by Crippen LogP contribution is -2.38. The number of rotatable bonds is 4. The number of carbonyl (C=O) groups excluding carboxylic acids is 1. The van der Waals surface area contributed by atoms with Gasteiger partial charge in [-0.2, -0.15) is 5.26 Å². The lowest BCUT2D eigenvalue weighted by Gasteiger charge is -2.26. The van der Waals surface area contributed by atoms with Crippen molar-refractivity contribution in [2.75, 3.05) is 38.2 Å². The van der Waals surface area contributed by atoms with Crippen molar-refractivity contribution < 1.29 is 9.53 Å². The van der Waals surface area contributed by atoms with Crippen LogP contribution in [0.15, 0.2) is 0 Å². The van der Waals surface area contributed by atoms with E-state index in [1.807, 2.05) is 0 Å². The van der Waals surface area contributed by atoms with E-state index < -0.39 is 0 Å². The van der Waals surface area contributed by atoms with Crippen molar-refractivity contribution in [1.29, 1.82) is 5.26 Å². The molecule has 1 aromatic rings. The van der Waals surface area contributed by atoms with E-state index in [1.54, 1.807) is 11.3 Å². The van der Waals surface area contributed by atoms with Gasteiger partial charge in [0.2, 0.25) is 5.91 Å². The summed E-state index contributed by atoms with van der Waals surface area (Å²) in [5.74, 6) is -0.00193. The van der Waals surface area contributed by atoms with Gasteiger partial charge in [0, 0.05) is 30.9 Å². The van der Waals surface area contributed by atoms with Crippen LogP contribution in [-0.2, 0) is 22.4 Å². The maximum Gasteiger partial charge on any atom is 0.226 e. The van der Waals surface area contributed by atoms with Gasteiger partial charge in [0.25, 0.3) is 0 Å². The molecule has 0 aromatic carbocycles. The molecule has 1 N–H and O–H groups in total. The zero-order chi connectivity index (χ0) is 14.7. The molecule has 0 bridgehead atoms. The normalized spacial score (nSPS) is 18.2. The lowest BCUT2D eigenvalue weighted by molar-refractivity contribution is -0.116. The van der Waals surface area contributed by atoms with Crippen molar-refractivity contribution in [2.45, 2.75) is 25.7 Å². The minimum absolute atomic E-state index is 0.00193. The summed E-state index contributed by atoms with van der Waals surface area (Å²) in [6.07, 6.45) is 3.60. The number of nitriles is 1. The van der Waals surface area contributed by atoms with E-state index in [0.717, 1.165) is 62.7 Å². The molecule has 1 fully saturated rings. The van der Waals surface area contributed by atoms with Gasteiger partial charge in [0.05, 0.1) is 18.8 Å². The van der Waals surface area contributed by atoms with Gasteiger partial charge in [-0.15, -0.1) is 11.3 Å². The molecule has 5 nitrogen and oxygen atoms in total. The molecule has 1 aliphatic carbocycles. The van der Waals surface area contributed by atoms with Gasteiger partial charge in [0.15, 0.2) is 0 Å². The molecule has 0 unspecified atom stereocenters. The Hall–Kier alpha value is -1.42. The first-order valence-electron chi connectivity index (χ1n) is 7.42. The summed E-state index contributed by atoms with van der Waals surface area (Å²) in [5, 5.41) is 13.0. The standard InChI is InChI=1S/C15H19N3O2S/c16-10-12-11-2-1-3-13(11)21-15(12)17-14(19)4-5-18-6-8-20-9-7-18/h1-9H2,(H,17,19). The summed E-state index contributed by atoms with van der Waals surface area (Å²) < 4.78 is 5.29. The highest BCUT2D eigenvalue weighted by Gasteiger charge is 2.23. The van der Waals surface area contributed by atoms with Crippen LogP contribution in [0.3, 0.4) is 0 Å². The molecule has 1 aliphatic heterocycles. The maximum atomic E-state index is 12.1. The number of morpholine rings is 1. The van der Waals surface area contributed by atoms with Crippen LogP contribution in [0.5, 0.6) is 0 Å². The molecule has 2 heterocycles. The molecule has 6 heteroatoms. The molecular formula is C15H19N3O2S. The Morgan fingerprint density at radius 1 is 1.38 bits per heavy atom. The third-order valence-corrected chi connectivity index (χ3v) is 5.25. The summed E-state index contributed by atoms with van der Waals surface area (Å²) in [4.78, 5) is 15.6. The molecule has 112 valence electrons. The average Bonchev–Trinajstić information content (AvgIpc) is 3.06. The first-order chi connectivity index (χ1) is 10.3. The molecule has 1 amide bonds. The number of amides is 1.